The van der Waals surface area contributed by atoms with Gasteiger partial charge in [0.25, 0.3) is 0 Å². The van der Waals surface area contributed by atoms with Gasteiger partial charge in [-0.15, -0.1) is 0 Å². The van der Waals surface area contributed by atoms with E-state index >= 15 is 0 Å². The van der Waals surface area contributed by atoms with Crippen LogP contribution in [0.1, 0.15) is 58.1 Å². The molecule has 0 radical (unpaired) electrons. The SMILES string of the molecule is CC(OCCCC(C)C1OO1)c1ccc(-c2ccc(OCCCC(C)C3OO3)cc2)cc1. The van der Waals surface area contributed by atoms with E-state index < -0.39 is 0 Å². The number of rotatable bonds is 14. The second-order valence-corrected chi connectivity index (χ2v) is 8.87. The average molecular weight is 443 g/mol. The van der Waals surface area contributed by atoms with Crippen molar-refractivity contribution in [2.75, 3.05) is 13.2 Å². The number of ether oxygens (including phenoxy) is 2. The summed E-state index contributed by atoms with van der Waals surface area (Å²) < 4.78 is 11.9. The summed E-state index contributed by atoms with van der Waals surface area (Å²) in [4.78, 5) is 19.4. The number of benzene rings is 2. The highest BCUT2D eigenvalue weighted by molar-refractivity contribution is 5.64. The lowest BCUT2D eigenvalue weighted by molar-refractivity contribution is 0.0605. The van der Waals surface area contributed by atoms with E-state index in [4.69, 9.17) is 29.0 Å². The van der Waals surface area contributed by atoms with Crippen LogP contribution in [-0.4, -0.2) is 25.8 Å². The first-order valence-electron chi connectivity index (χ1n) is 11.7. The summed E-state index contributed by atoms with van der Waals surface area (Å²) in [6.45, 7) is 7.81. The second kappa shape index (κ2) is 11.3. The Morgan fingerprint density at radius 3 is 1.72 bits per heavy atom. The van der Waals surface area contributed by atoms with Crippen LogP contribution in [0.15, 0.2) is 48.5 Å². The molecule has 174 valence electrons. The van der Waals surface area contributed by atoms with Crippen LogP contribution < -0.4 is 4.74 Å². The van der Waals surface area contributed by atoms with Crippen molar-refractivity contribution in [3.8, 4) is 16.9 Å². The molecule has 2 fully saturated rings. The molecule has 2 aromatic carbocycles. The summed E-state index contributed by atoms with van der Waals surface area (Å²) in [5.74, 6) is 1.73. The Hall–Kier alpha value is -1.96. The van der Waals surface area contributed by atoms with E-state index in [0.717, 1.165) is 38.0 Å². The lowest BCUT2D eigenvalue weighted by atomic mass is 10.0. The molecule has 0 saturated carbocycles. The average Bonchev–Trinajstić information content (AvgIpc) is 3.72. The number of hydrogen-bond donors (Lipinski definition) is 0. The normalized spacial score (nSPS) is 18.8. The van der Waals surface area contributed by atoms with Crippen LogP contribution in [-0.2, 0) is 24.3 Å². The van der Waals surface area contributed by atoms with Crippen molar-refractivity contribution in [2.45, 2.75) is 65.1 Å². The van der Waals surface area contributed by atoms with Crippen molar-refractivity contribution in [1.82, 2.24) is 0 Å². The van der Waals surface area contributed by atoms with Crippen molar-refractivity contribution < 1.29 is 29.0 Å². The van der Waals surface area contributed by atoms with E-state index in [9.17, 15) is 0 Å². The Kier molecular flexibility index (Phi) is 8.16. The molecule has 4 rings (SSSR count). The van der Waals surface area contributed by atoms with Gasteiger partial charge in [-0.05, 0) is 61.4 Å². The molecule has 32 heavy (non-hydrogen) atoms. The first kappa shape index (κ1) is 23.2. The Morgan fingerprint density at radius 1 is 0.688 bits per heavy atom. The van der Waals surface area contributed by atoms with Gasteiger partial charge in [-0.1, -0.05) is 50.2 Å². The molecular weight excluding hydrogens is 408 g/mol. The van der Waals surface area contributed by atoms with E-state index in [1.54, 1.807) is 0 Å². The second-order valence-electron chi connectivity index (χ2n) is 8.87. The molecule has 0 spiro atoms. The van der Waals surface area contributed by atoms with E-state index in [-0.39, 0.29) is 18.7 Å². The zero-order valence-corrected chi connectivity index (χ0v) is 19.2. The zero-order valence-electron chi connectivity index (χ0n) is 19.2. The highest BCUT2D eigenvalue weighted by Gasteiger charge is 2.32. The maximum atomic E-state index is 6.01. The summed E-state index contributed by atoms with van der Waals surface area (Å²) in [5, 5.41) is 0. The molecule has 0 aliphatic carbocycles. The maximum Gasteiger partial charge on any atom is 0.227 e. The van der Waals surface area contributed by atoms with Gasteiger partial charge in [-0.3, -0.25) is 0 Å². The largest absolute Gasteiger partial charge is 0.494 e. The summed E-state index contributed by atoms with van der Waals surface area (Å²) in [7, 11) is 0. The van der Waals surface area contributed by atoms with E-state index in [0.29, 0.717) is 18.4 Å². The molecule has 2 saturated heterocycles. The van der Waals surface area contributed by atoms with Crippen LogP contribution in [0, 0.1) is 11.8 Å². The Bertz CT molecular complexity index is 813. The molecular formula is C26H34O6. The van der Waals surface area contributed by atoms with Crippen molar-refractivity contribution in [1.29, 1.82) is 0 Å². The lowest BCUT2D eigenvalue weighted by Crippen LogP contribution is -2.06. The van der Waals surface area contributed by atoms with Crippen LogP contribution in [0.4, 0.5) is 0 Å². The van der Waals surface area contributed by atoms with Crippen molar-refractivity contribution >= 4 is 0 Å². The van der Waals surface area contributed by atoms with Gasteiger partial charge < -0.3 is 9.47 Å². The van der Waals surface area contributed by atoms with E-state index in [1.165, 1.54) is 16.7 Å². The fourth-order valence-corrected chi connectivity index (χ4v) is 3.76. The summed E-state index contributed by atoms with van der Waals surface area (Å²) in [5.41, 5.74) is 3.54. The van der Waals surface area contributed by atoms with Crippen molar-refractivity contribution in [3.63, 3.8) is 0 Å². The monoisotopic (exact) mass is 442 g/mol. The lowest BCUT2D eigenvalue weighted by Gasteiger charge is -2.15. The minimum absolute atomic E-state index is 0.00700. The van der Waals surface area contributed by atoms with Gasteiger partial charge in [0, 0.05) is 18.4 Å². The van der Waals surface area contributed by atoms with Crippen molar-refractivity contribution in [2.24, 2.45) is 11.8 Å². The third-order valence-electron chi connectivity index (χ3n) is 6.16. The van der Waals surface area contributed by atoms with Crippen LogP contribution in [0.25, 0.3) is 11.1 Å². The summed E-state index contributed by atoms with van der Waals surface area (Å²) in [6, 6.07) is 16.9. The van der Waals surface area contributed by atoms with Gasteiger partial charge in [0.15, 0.2) is 0 Å². The molecule has 3 unspecified atom stereocenters. The summed E-state index contributed by atoms with van der Waals surface area (Å²) in [6.07, 6.45) is 4.11. The molecule has 3 atom stereocenters. The molecule has 2 aromatic rings. The molecule has 0 aromatic heterocycles. The number of hydrogen-bond acceptors (Lipinski definition) is 6. The fourth-order valence-electron chi connectivity index (χ4n) is 3.76. The minimum atomic E-state index is -0.0120. The van der Waals surface area contributed by atoms with Gasteiger partial charge >= 0.3 is 0 Å². The Morgan fingerprint density at radius 2 is 1.19 bits per heavy atom. The first-order chi connectivity index (χ1) is 15.6. The van der Waals surface area contributed by atoms with Crippen LogP contribution in [0.3, 0.4) is 0 Å². The van der Waals surface area contributed by atoms with Crippen LogP contribution in [0.5, 0.6) is 5.75 Å². The van der Waals surface area contributed by atoms with Crippen LogP contribution >= 0.6 is 0 Å². The molecule has 0 bridgehead atoms. The maximum absolute atomic E-state index is 6.01. The fraction of sp³-hybridized carbons (Fsp3) is 0.538. The van der Waals surface area contributed by atoms with Gasteiger partial charge in [0.1, 0.15) is 5.75 Å². The van der Waals surface area contributed by atoms with Gasteiger partial charge in [0.05, 0.1) is 12.7 Å². The van der Waals surface area contributed by atoms with Crippen molar-refractivity contribution in [3.05, 3.63) is 54.1 Å². The molecule has 2 aliphatic rings. The molecule has 2 aliphatic heterocycles. The van der Waals surface area contributed by atoms with E-state index in [2.05, 4.69) is 57.2 Å². The standard InChI is InChI=1S/C26H34O6/c1-18(25-29-30-25)6-4-16-27-20(3)21-8-10-22(11-9-21)23-12-14-24(15-13-23)28-17-5-7-19(2)26-31-32-26/h8-15,18-20,25-26H,4-7,16-17H2,1-3H3. The molecule has 6 nitrogen and oxygen atoms in total. The van der Waals surface area contributed by atoms with Crippen LogP contribution in [0.2, 0.25) is 0 Å². The Balaban J connectivity index is 1.18. The first-order valence-corrected chi connectivity index (χ1v) is 11.7. The van der Waals surface area contributed by atoms with Gasteiger partial charge in [0.2, 0.25) is 12.6 Å². The molecule has 6 heteroatoms. The summed E-state index contributed by atoms with van der Waals surface area (Å²) >= 11 is 0. The molecule has 0 amide bonds. The third-order valence-corrected chi connectivity index (χ3v) is 6.16. The smallest absolute Gasteiger partial charge is 0.227 e. The van der Waals surface area contributed by atoms with E-state index in [1.807, 2.05) is 12.1 Å². The topological polar surface area (TPSA) is 68.6 Å². The highest BCUT2D eigenvalue weighted by atomic mass is 17.4. The highest BCUT2D eigenvalue weighted by Crippen LogP contribution is 2.28. The zero-order chi connectivity index (χ0) is 22.3. The Labute approximate surface area is 190 Å². The molecule has 2 heterocycles. The minimum Gasteiger partial charge on any atom is -0.494 e. The quantitative estimate of drug-likeness (QED) is 0.197. The van der Waals surface area contributed by atoms with Gasteiger partial charge in [-0.25, -0.2) is 0 Å². The predicted molar refractivity (Wildman–Crippen MR) is 120 cm³/mol. The van der Waals surface area contributed by atoms with Gasteiger partial charge in [-0.2, -0.15) is 19.6 Å². The third kappa shape index (κ3) is 7.02. The molecule has 0 N–H and O–H groups in total. The predicted octanol–water partition coefficient (Wildman–Crippen LogP) is 6.22.